The van der Waals surface area contributed by atoms with Gasteiger partial charge in [-0.15, -0.1) is 0 Å². The summed E-state index contributed by atoms with van der Waals surface area (Å²) in [7, 11) is 0. The summed E-state index contributed by atoms with van der Waals surface area (Å²) in [6.07, 6.45) is 1.63. The van der Waals surface area contributed by atoms with Gasteiger partial charge in [-0.25, -0.2) is 0 Å². The highest BCUT2D eigenvalue weighted by Gasteiger charge is 2.20. The second-order valence-electron chi connectivity index (χ2n) is 5.56. The van der Waals surface area contributed by atoms with Crippen molar-refractivity contribution in [3.8, 4) is 11.4 Å². The Hall–Kier alpha value is -2.70. The summed E-state index contributed by atoms with van der Waals surface area (Å²) in [5.74, 6) is 1.16. The van der Waals surface area contributed by atoms with Crippen molar-refractivity contribution in [3.63, 3.8) is 0 Å². The van der Waals surface area contributed by atoms with Gasteiger partial charge in [0, 0.05) is 38.4 Å². The molecule has 2 heterocycles. The van der Waals surface area contributed by atoms with Crippen LogP contribution in [0.1, 0.15) is 24.3 Å². The molecule has 120 valence electrons. The van der Waals surface area contributed by atoms with Crippen LogP contribution >= 0.6 is 0 Å². The van der Waals surface area contributed by atoms with Gasteiger partial charge in [0.1, 0.15) is 0 Å². The Morgan fingerprint density at radius 1 is 1.30 bits per heavy atom. The zero-order chi connectivity index (χ0) is 16.2. The minimum absolute atomic E-state index is 0.0881. The highest BCUT2D eigenvalue weighted by atomic mass is 16.5. The maximum Gasteiger partial charge on any atom is 0.227 e. The standard InChI is InChI=1S/C16H18N4O3/c1-11-17-16(19-23-11)13-4-2-12(3-5-13)10-15(21)20-8-6-14(18-22)7-9-20/h2-5,22H,6-10H2,1H3. The number of oxime groups is 1. The average molecular weight is 314 g/mol. The molecule has 1 aliphatic rings. The van der Waals surface area contributed by atoms with E-state index in [1.807, 2.05) is 29.2 Å². The van der Waals surface area contributed by atoms with Crippen LogP contribution in [0.2, 0.25) is 0 Å². The lowest BCUT2D eigenvalue weighted by molar-refractivity contribution is -0.130. The molecule has 1 amide bonds. The van der Waals surface area contributed by atoms with Crippen LogP contribution in [0, 0.1) is 6.92 Å². The number of hydrogen-bond acceptors (Lipinski definition) is 6. The maximum absolute atomic E-state index is 12.3. The summed E-state index contributed by atoms with van der Waals surface area (Å²) in [4.78, 5) is 18.3. The first-order chi connectivity index (χ1) is 11.2. The number of aromatic nitrogens is 2. The molecular weight excluding hydrogens is 296 g/mol. The predicted octanol–water partition coefficient (Wildman–Crippen LogP) is 2.04. The third kappa shape index (κ3) is 3.56. The van der Waals surface area contributed by atoms with Crippen LogP contribution in [0.4, 0.5) is 0 Å². The highest BCUT2D eigenvalue weighted by molar-refractivity contribution is 5.87. The molecule has 0 atom stereocenters. The molecule has 0 radical (unpaired) electrons. The summed E-state index contributed by atoms with van der Waals surface area (Å²) in [6.45, 7) is 2.96. The van der Waals surface area contributed by atoms with E-state index in [0.29, 0.717) is 44.1 Å². The first-order valence-electron chi connectivity index (χ1n) is 7.53. The van der Waals surface area contributed by atoms with E-state index < -0.39 is 0 Å². The quantitative estimate of drug-likeness (QED) is 0.691. The Morgan fingerprint density at radius 3 is 2.57 bits per heavy atom. The van der Waals surface area contributed by atoms with Crippen LogP contribution in [0.25, 0.3) is 11.4 Å². The van der Waals surface area contributed by atoms with Crippen LogP contribution in [0.5, 0.6) is 0 Å². The van der Waals surface area contributed by atoms with Gasteiger partial charge >= 0.3 is 0 Å². The van der Waals surface area contributed by atoms with Crippen molar-refractivity contribution < 1.29 is 14.5 Å². The zero-order valence-electron chi connectivity index (χ0n) is 12.9. The molecule has 2 aromatic rings. The van der Waals surface area contributed by atoms with Gasteiger partial charge in [-0.2, -0.15) is 4.98 Å². The minimum atomic E-state index is 0.0881. The molecule has 3 rings (SSSR count). The van der Waals surface area contributed by atoms with Crippen molar-refractivity contribution in [1.82, 2.24) is 15.0 Å². The van der Waals surface area contributed by atoms with E-state index in [-0.39, 0.29) is 5.91 Å². The molecule has 0 bridgehead atoms. The second-order valence-corrected chi connectivity index (χ2v) is 5.56. The third-order valence-electron chi connectivity index (χ3n) is 3.93. The molecule has 23 heavy (non-hydrogen) atoms. The summed E-state index contributed by atoms with van der Waals surface area (Å²) in [6, 6.07) is 7.59. The number of benzene rings is 1. The molecule has 1 saturated heterocycles. The second kappa shape index (κ2) is 6.60. The largest absolute Gasteiger partial charge is 0.411 e. The Balaban J connectivity index is 1.61. The van der Waals surface area contributed by atoms with E-state index in [2.05, 4.69) is 15.3 Å². The number of carbonyl (C=O) groups is 1. The fourth-order valence-electron chi connectivity index (χ4n) is 2.59. The van der Waals surface area contributed by atoms with E-state index in [1.165, 1.54) is 0 Å². The number of rotatable bonds is 3. The summed E-state index contributed by atoms with van der Waals surface area (Å²) < 4.78 is 4.96. The lowest BCUT2D eigenvalue weighted by Gasteiger charge is -2.27. The topological polar surface area (TPSA) is 91.8 Å². The Bertz CT molecular complexity index is 711. The Morgan fingerprint density at radius 2 is 2.00 bits per heavy atom. The summed E-state index contributed by atoms with van der Waals surface area (Å²) >= 11 is 0. The van der Waals surface area contributed by atoms with E-state index in [4.69, 9.17) is 9.73 Å². The molecule has 1 N–H and O–H groups in total. The van der Waals surface area contributed by atoms with Crippen molar-refractivity contribution in [3.05, 3.63) is 35.7 Å². The molecular formula is C16H18N4O3. The van der Waals surface area contributed by atoms with E-state index in [0.717, 1.165) is 16.8 Å². The van der Waals surface area contributed by atoms with Crippen LogP contribution in [-0.4, -0.2) is 45.0 Å². The molecule has 1 aliphatic heterocycles. The SMILES string of the molecule is Cc1nc(-c2ccc(CC(=O)N3CCC(=NO)CC3)cc2)no1. The number of likely N-dealkylation sites (tertiary alicyclic amines) is 1. The van der Waals surface area contributed by atoms with Crippen molar-refractivity contribution in [2.75, 3.05) is 13.1 Å². The van der Waals surface area contributed by atoms with Crippen molar-refractivity contribution >= 4 is 11.6 Å². The zero-order valence-corrected chi connectivity index (χ0v) is 12.9. The molecule has 1 aromatic carbocycles. The lowest BCUT2D eigenvalue weighted by atomic mass is 10.1. The minimum Gasteiger partial charge on any atom is -0.411 e. The fraction of sp³-hybridized carbons (Fsp3) is 0.375. The fourth-order valence-corrected chi connectivity index (χ4v) is 2.59. The molecule has 0 aliphatic carbocycles. The number of hydrogen-bond donors (Lipinski definition) is 1. The number of piperidine rings is 1. The molecule has 1 aromatic heterocycles. The highest BCUT2D eigenvalue weighted by Crippen LogP contribution is 2.17. The summed E-state index contributed by atoms with van der Waals surface area (Å²) in [5.41, 5.74) is 2.56. The first kappa shape index (κ1) is 15.2. The summed E-state index contributed by atoms with van der Waals surface area (Å²) in [5, 5.41) is 15.8. The van der Waals surface area contributed by atoms with Gasteiger partial charge in [0.2, 0.25) is 17.6 Å². The van der Waals surface area contributed by atoms with Gasteiger partial charge in [-0.3, -0.25) is 4.79 Å². The lowest BCUT2D eigenvalue weighted by Crippen LogP contribution is -2.39. The van der Waals surface area contributed by atoms with Crippen molar-refractivity contribution in [1.29, 1.82) is 0 Å². The van der Waals surface area contributed by atoms with Gasteiger partial charge in [-0.05, 0) is 5.56 Å². The van der Waals surface area contributed by atoms with Gasteiger partial charge < -0.3 is 14.6 Å². The Kier molecular flexibility index (Phi) is 4.36. The van der Waals surface area contributed by atoms with E-state index >= 15 is 0 Å². The third-order valence-corrected chi connectivity index (χ3v) is 3.93. The number of amides is 1. The van der Waals surface area contributed by atoms with Gasteiger partial charge in [-0.1, -0.05) is 34.6 Å². The van der Waals surface area contributed by atoms with Gasteiger partial charge in [0.25, 0.3) is 0 Å². The van der Waals surface area contributed by atoms with E-state index in [9.17, 15) is 4.79 Å². The number of carbonyl (C=O) groups excluding carboxylic acids is 1. The van der Waals surface area contributed by atoms with Crippen LogP contribution in [-0.2, 0) is 11.2 Å². The van der Waals surface area contributed by atoms with Gasteiger partial charge in [0.15, 0.2) is 0 Å². The normalized spacial score (nSPS) is 14.8. The molecule has 7 nitrogen and oxygen atoms in total. The van der Waals surface area contributed by atoms with Crippen LogP contribution < -0.4 is 0 Å². The number of aryl methyl sites for hydroxylation is 1. The molecule has 0 spiro atoms. The first-order valence-corrected chi connectivity index (χ1v) is 7.53. The molecule has 1 fully saturated rings. The van der Waals surface area contributed by atoms with E-state index in [1.54, 1.807) is 6.92 Å². The average Bonchev–Trinajstić information content (AvgIpc) is 3.02. The molecule has 7 heteroatoms. The number of nitrogens with zero attached hydrogens (tertiary/aromatic N) is 4. The van der Waals surface area contributed by atoms with Gasteiger partial charge in [0.05, 0.1) is 12.1 Å². The van der Waals surface area contributed by atoms with Crippen LogP contribution in [0.3, 0.4) is 0 Å². The van der Waals surface area contributed by atoms with Crippen LogP contribution in [0.15, 0.2) is 33.9 Å². The maximum atomic E-state index is 12.3. The monoisotopic (exact) mass is 314 g/mol. The molecule has 0 unspecified atom stereocenters. The Labute approximate surface area is 133 Å². The smallest absolute Gasteiger partial charge is 0.227 e. The predicted molar refractivity (Wildman–Crippen MR) is 83.2 cm³/mol. The van der Waals surface area contributed by atoms with Crippen molar-refractivity contribution in [2.24, 2.45) is 5.16 Å². The van der Waals surface area contributed by atoms with Crippen molar-refractivity contribution in [2.45, 2.75) is 26.2 Å². The molecule has 0 saturated carbocycles.